The minimum absolute atomic E-state index is 0.116. The molecule has 0 amide bonds. The lowest BCUT2D eigenvalue weighted by Gasteiger charge is -2.31. The molecule has 3 rings (SSSR count). The van der Waals surface area contributed by atoms with E-state index in [1.54, 1.807) is 0 Å². The van der Waals surface area contributed by atoms with Crippen LogP contribution in [0.5, 0.6) is 5.75 Å². The molecular formula is C17H24N2O3. The Labute approximate surface area is 131 Å². The summed E-state index contributed by atoms with van der Waals surface area (Å²) >= 11 is 0. The molecular weight excluding hydrogens is 280 g/mol. The number of Topliss-reactive ketones (excluding diaryl/α,β-unsaturated/α-hetero) is 1. The Balaban J connectivity index is 1.73. The number of hydrogen-bond donors (Lipinski definition) is 1. The van der Waals surface area contributed by atoms with Gasteiger partial charge >= 0.3 is 0 Å². The summed E-state index contributed by atoms with van der Waals surface area (Å²) in [4.78, 5) is 14.9. The molecule has 2 atom stereocenters. The van der Waals surface area contributed by atoms with E-state index in [2.05, 4.69) is 17.1 Å². The van der Waals surface area contributed by atoms with Crippen molar-refractivity contribution in [3.8, 4) is 5.75 Å². The van der Waals surface area contributed by atoms with Gasteiger partial charge in [0.15, 0.2) is 5.78 Å². The van der Waals surface area contributed by atoms with Crippen molar-refractivity contribution >= 4 is 11.5 Å². The number of nitrogens with zero attached hydrogens (tertiary/aromatic N) is 1. The molecule has 22 heavy (non-hydrogen) atoms. The van der Waals surface area contributed by atoms with Crippen molar-refractivity contribution in [1.82, 2.24) is 4.90 Å². The molecule has 2 heterocycles. The maximum atomic E-state index is 12.7. The van der Waals surface area contributed by atoms with Gasteiger partial charge in [0.2, 0.25) is 0 Å². The average Bonchev–Trinajstić information content (AvgIpc) is 2.60. The second kappa shape index (κ2) is 6.67. The van der Waals surface area contributed by atoms with Gasteiger partial charge in [-0.05, 0) is 31.5 Å². The van der Waals surface area contributed by atoms with E-state index in [1.165, 1.54) is 0 Å². The summed E-state index contributed by atoms with van der Waals surface area (Å²) in [5.41, 5.74) is 1.66. The number of benzene rings is 1. The van der Waals surface area contributed by atoms with E-state index in [0.717, 1.165) is 43.1 Å². The highest BCUT2D eigenvalue weighted by Gasteiger charge is 2.25. The summed E-state index contributed by atoms with van der Waals surface area (Å²) in [6.07, 6.45) is 1.18. The normalized spacial score (nSPS) is 23.1. The Kier molecular flexibility index (Phi) is 4.64. The largest absolute Gasteiger partial charge is 0.486 e. The Morgan fingerprint density at radius 1 is 1.41 bits per heavy atom. The predicted molar refractivity (Wildman–Crippen MR) is 85.8 cm³/mol. The minimum atomic E-state index is -0.116. The van der Waals surface area contributed by atoms with Gasteiger partial charge in [-0.3, -0.25) is 9.69 Å². The molecule has 0 aliphatic carbocycles. The highest BCUT2D eigenvalue weighted by atomic mass is 16.5. The zero-order valence-corrected chi connectivity index (χ0v) is 13.3. The number of ether oxygens (including phenoxy) is 2. The Hall–Kier alpha value is -1.59. The topological polar surface area (TPSA) is 50.8 Å². The molecule has 0 bridgehead atoms. The molecule has 0 spiro atoms. The van der Waals surface area contributed by atoms with Gasteiger partial charge in [-0.2, -0.15) is 0 Å². The van der Waals surface area contributed by atoms with Gasteiger partial charge in [-0.15, -0.1) is 0 Å². The fraction of sp³-hybridized carbons (Fsp3) is 0.588. The van der Waals surface area contributed by atoms with E-state index in [0.29, 0.717) is 13.2 Å². The van der Waals surface area contributed by atoms with Crippen molar-refractivity contribution < 1.29 is 14.3 Å². The SMILES string of the molecule is CCC1CNc2cc(C(=O)C(C)N3CCOCC3)ccc2O1. The van der Waals surface area contributed by atoms with Crippen LogP contribution in [0.25, 0.3) is 0 Å². The Morgan fingerprint density at radius 2 is 2.18 bits per heavy atom. The van der Waals surface area contributed by atoms with Gasteiger partial charge in [0.1, 0.15) is 11.9 Å². The minimum Gasteiger partial charge on any atom is -0.486 e. The average molecular weight is 304 g/mol. The number of carbonyl (C=O) groups is 1. The Bertz CT molecular complexity index is 541. The van der Waals surface area contributed by atoms with E-state index >= 15 is 0 Å². The lowest BCUT2D eigenvalue weighted by molar-refractivity contribution is 0.0208. The third-order valence-corrected chi connectivity index (χ3v) is 4.51. The molecule has 5 heteroatoms. The standard InChI is InChI=1S/C17H24N2O3/c1-3-14-11-18-15-10-13(4-5-16(15)22-14)17(20)12(2)19-6-8-21-9-7-19/h4-5,10,12,14,18H,3,6-9,11H2,1-2H3. The lowest BCUT2D eigenvalue weighted by atomic mass is 10.0. The van der Waals surface area contributed by atoms with Crippen LogP contribution in [0.15, 0.2) is 18.2 Å². The highest BCUT2D eigenvalue weighted by Crippen LogP contribution is 2.31. The summed E-state index contributed by atoms with van der Waals surface area (Å²) < 4.78 is 11.2. The third kappa shape index (κ3) is 3.10. The second-order valence-electron chi connectivity index (χ2n) is 5.93. The summed E-state index contributed by atoms with van der Waals surface area (Å²) in [6, 6.07) is 5.58. The molecule has 5 nitrogen and oxygen atoms in total. The fourth-order valence-electron chi connectivity index (χ4n) is 2.97. The first-order chi connectivity index (χ1) is 10.7. The van der Waals surface area contributed by atoms with Gasteiger partial charge < -0.3 is 14.8 Å². The quantitative estimate of drug-likeness (QED) is 0.864. The van der Waals surface area contributed by atoms with Crippen molar-refractivity contribution in [3.63, 3.8) is 0 Å². The first-order valence-corrected chi connectivity index (χ1v) is 8.09. The van der Waals surface area contributed by atoms with Crippen LogP contribution in [0.4, 0.5) is 5.69 Å². The number of anilines is 1. The molecule has 1 fully saturated rings. The van der Waals surface area contributed by atoms with Crippen LogP contribution in [0.1, 0.15) is 30.6 Å². The Morgan fingerprint density at radius 3 is 2.91 bits per heavy atom. The zero-order valence-electron chi connectivity index (χ0n) is 13.3. The summed E-state index contributed by atoms with van der Waals surface area (Å²) in [7, 11) is 0. The number of rotatable bonds is 4. The summed E-state index contributed by atoms with van der Waals surface area (Å²) in [5.74, 6) is 0.998. The molecule has 1 aromatic rings. The van der Waals surface area contributed by atoms with E-state index in [1.807, 2.05) is 25.1 Å². The molecule has 0 saturated carbocycles. The summed E-state index contributed by atoms with van der Waals surface area (Å²) in [6.45, 7) is 7.92. The van der Waals surface area contributed by atoms with Crippen LogP contribution in [0.2, 0.25) is 0 Å². The van der Waals surface area contributed by atoms with Crippen LogP contribution >= 0.6 is 0 Å². The van der Waals surface area contributed by atoms with E-state index < -0.39 is 0 Å². The number of nitrogens with one attached hydrogen (secondary N) is 1. The molecule has 2 aliphatic heterocycles. The molecule has 1 saturated heterocycles. The lowest BCUT2D eigenvalue weighted by Crippen LogP contribution is -2.45. The predicted octanol–water partition coefficient (Wildman–Crippen LogP) is 2.17. The van der Waals surface area contributed by atoms with E-state index in [9.17, 15) is 4.79 Å². The second-order valence-corrected chi connectivity index (χ2v) is 5.93. The van der Waals surface area contributed by atoms with E-state index in [-0.39, 0.29) is 17.9 Å². The molecule has 2 unspecified atom stereocenters. The third-order valence-electron chi connectivity index (χ3n) is 4.51. The van der Waals surface area contributed by atoms with Crippen LogP contribution in [0, 0.1) is 0 Å². The summed E-state index contributed by atoms with van der Waals surface area (Å²) in [5, 5.41) is 3.37. The van der Waals surface area contributed by atoms with Crippen molar-refractivity contribution in [1.29, 1.82) is 0 Å². The fourth-order valence-corrected chi connectivity index (χ4v) is 2.97. The first-order valence-electron chi connectivity index (χ1n) is 8.09. The number of morpholine rings is 1. The molecule has 0 aromatic heterocycles. The molecule has 0 radical (unpaired) electrons. The van der Waals surface area contributed by atoms with Crippen LogP contribution < -0.4 is 10.1 Å². The van der Waals surface area contributed by atoms with Gasteiger partial charge in [-0.1, -0.05) is 6.92 Å². The molecule has 2 aliphatic rings. The van der Waals surface area contributed by atoms with Gasteiger partial charge in [0.05, 0.1) is 31.5 Å². The zero-order chi connectivity index (χ0) is 15.5. The van der Waals surface area contributed by atoms with Crippen LogP contribution in [-0.4, -0.2) is 55.7 Å². The van der Waals surface area contributed by atoms with Gasteiger partial charge in [0, 0.05) is 18.7 Å². The van der Waals surface area contributed by atoms with Crippen LogP contribution in [0.3, 0.4) is 0 Å². The smallest absolute Gasteiger partial charge is 0.179 e. The number of ketones is 1. The first kappa shape index (κ1) is 15.3. The van der Waals surface area contributed by atoms with Crippen molar-refractivity contribution in [2.45, 2.75) is 32.4 Å². The van der Waals surface area contributed by atoms with E-state index in [4.69, 9.17) is 9.47 Å². The highest BCUT2D eigenvalue weighted by molar-refractivity contribution is 6.01. The maximum absolute atomic E-state index is 12.7. The number of hydrogen-bond acceptors (Lipinski definition) is 5. The monoisotopic (exact) mass is 304 g/mol. The van der Waals surface area contributed by atoms with Crippen LogP contribution in [-0.2, 0) is 4.74 Å². The molecule has 1 aromatic carbocycles. The number of carbonyl (C=O) groups excluding carboxylic acids is 1. The maximum Gasteiger partial charge on any atom is 0.179 e. The molecule has 1 N–H and O–H groups in total. The van der Waals surface area contributed by atoms with Gasteiger partial charge in [0.25, 0.3) is 0 Å². The molecule has 120 valence electrons. The van der Waals surface area contributed by atoms with Crippen molar-refractivity contribution in [2.24, 2.45) is 0 Å². The van der Waals surface area contributed by atoms with Crippen molar-refractivity contribution in [2.75, 3.05) is 38.2 Å². The van der Waals surface area contributed by atoms with Gasteiger partial charge in [-0.25, -0.2) is 0 Å². The van der Waals surface area contributed by atoms with Crippen molar-refractivity contribution in [3.05, 3.63) is 23.8 Å². The number of fused-ring (bicyclic) bond motifs is 1.